The zero-order valence-electron chi connectivity index (χ0n) is 12.6. The molecule has 118 valence electrons. The van der Waals surface area contributed by atoms with Crippen LogP contribution in [-0.2, 0) is 30.3 Å². The van der Waals surface area contributed by atoms with Crippen LogP contribution in [0.2, 0.25) is 0 Å². The van der Waals surface area contributed by atoms with Crippen LogP contribution < -0.4 is 0 Å². The quantitative estimate of drug-likeness (QED) is 0.865. The van der Waals surface area contributed by atoms with Gasteiger partial charge in [-0.15, -0.1) is 5.10 Å². The monoisotopic (exact) mass is 320 g/mol. The average Bonchev–Trinajstić information content (AvgIpc) is 2.95. The van der Waals surface area contributed by atoms with E-state index in [1.54, 1.807) is 10.9 Å². The Balaban J connectivity index is 1.56. The summed E-state index contributed by atoms with van der Waals surface area (Å²) in [5.41, 5.74) is 2.74. The highest BCUT2D eigenvalue weighted by Crippen LogP contribution is 2.18. The Bertz CT molecular complexity index is 673. The van der Waals surface area contributed by atoms with Crippen LogP contribution in [0, 0.1) is 0 Å². The fourth-order valence-corrected chi connectivity index (χ4v) is 3.19. The van der Waals surface area contributed by atoms with E-state index in [4.69, 9.17) is 0 Å². The smallest absolute Gasteiger partial charge is 0.238 e. The second-order valence-corrected chi connectivity index (χ2v) is 6.88. The summed E-state index contributed by atoms with van der Waals surface area (Å²) in [6.45, 7) is 2.78. The van der Waals surface area contributed by atoms with Gasteiger partial charge in [0.1, 0.15) is 6.33 Å². The number of hydrogen-bond acceptors (Lipinski definition) is 5. The molecule has 0 spiro atoms. The van der Waals surface area contributed by atoms with Gasteiger partial charge in [0.25, 0.3) is 0 Å². The van der Waals surface area contributed by atoms with Crippen molar-refractivity contribution in [2.24, 2.45) is 0 Å². The third-order valence-corrected chi connectivity index (χ3v) is 4.55. The Labute approximate surface area is 132 Å². The van der Waals surface area contributed by atoms with Crippen molar-refractivity contribution >= 4 is 10.8 Å². The van der Waals surface area contributed by atoms with Crippen LogP contribution in [0.1, 0.15) is 11.1 Å². The number of aliphatic hydroxyl groups excluding tert-OH is 1. The van der Waals surface area contributed by atoms with Gasteiger partial charge >= 0.3 is 0 Å². The van der Waals surface area contributed by atoms with Crippen LogP contribution in [0.3, 0.4) is 0 Å². The highest BCUT2D eigenvalue weighted by Gasteiger charge is 2.19. The first kappa shape index (κ1) is 15.3. The number of nitrogens with zero attached hydrogens (tertiary/aromatic N) is 4. The molecule has 0 aliphatic carbocycles. The predicted octanol–water partition coefficient (Wildman–Crippen LogP) is 0.435. The van der Waals surface area contributed by atoms with Crippen LogP contribution in [-0.4, -0.2) is 54.4 Å². The Morgan fingerprint density at radius 2 is 2.09 bits per heavy atom. The summed E-state index contributed by atoms with van der Waals surface area (Å²) in [5.74, 6) is 0. The number of aliphatic hydroxyl groups is 1. The lowest BCUT2D eigenvalue weighted by Gasteiger charge is -2.30. The molecule has 22 heavy (non-hydrogen) atoms. The second kappa shape index (κ2) is 6.68. The van der Waals surface area contributed by atoms with Gasteiger partial charge in [-0.2, -0.15) is 0 Å². The van der Waals surface area contributed by atoms with Crippen LogP contribution in [0.5, 0.6) is 0 Å². The summed E-state index contributed by atoms with van der Waals surface area (Å²) < 4.78 is 12.8. The summed E-state index contributed by atoms with van der Waals surface area (Å²) in [4.78, 5) is 6.23. The van der Waals surface area contributed by atoms with Crippen molar-refractivity contribution in [3.8, 4) is 0 Å². The Morgan fingerprint density at radius 3 is 2.82 bits per heavy atom. The first-order valence-electron chi connectivity index (χ1n) is 7.32. The van der Waals surface area contributed by atoms with Crippen molar-refractivity contribution < 1.29 is 9.32 Å². The van der Waals surface area contributed by atoms with Crippen LogP contribution >= 0.6 is 0 Å². The van der Waals surface area contributed by atoms with Crippen LogP contribution in [0.4, 0.5) is 0 Å². The lowest BCUT2D eigenvalue weighted by atomic mass is 10.00. The van der Waals surface area contributed by atoms with Gasteiger partial charge in [-0.05, 0) is 17.5 Å². The van der Waals surface area contributed by atoms with Gasteiger partial charge in [0.2, 0.25) is 5.16 Å². The zero-order chi connectivity index (χ0) is 15.5. The molecule has 2 heterocycles. The van der Waals surface area contributed by atoms with E-state index in [0.29, 0.717) is 18.2 Å². The molecule has 3 rings (SSSR count). The van der Waals surface area contributed by atoms with Crippen LogP contribution in [0.15, 0.2) is 35.7 Å². The molecule has 0 saturated carbocycles. The van der Waals surface area contributed by atoms with Crippen molar-refractivity contribution in [1.82, 2.24) is 19.7 Å². The van der Waals surface area contributed by atoms with Gasteiger partial charge in [-0.25, -0.2) is 9.67 Å². The minimum atomic E-state index is -1.19. The van der Waals surface area contributed by atoms with Crippen molar-refractivity contribution in [3.05, 3.63) is 41.7 Å². The fourth-order valence-electron chi connectivity index (χ4n) is 2.78. The van der Waals surface area contributed by atoms with Gasteiger partial charge < -0.3 is 5.11 Å². The van der Waals surface area contributed by atoms with Gasteiger partial charge in [-0.3, -0.25) is 9.11 Å². The maximum Gasteiger partial charge on any atom is 0.238 e. The normalized spacial score (nSPS) is 17.9. The molecular formula is C15H20N4O2S. The second-order valence-electron chi connectivity index (χ2n) is 5.61. The number of fused-ring (bicyclic) bond motifs is 1. The standard InChI is InChI=1S/C15H20N4O2S/c1-22(21)15-16-11-19(17-15)10-14(20)9-18-7-6-12-4-2-3-5-13(12)8-18/h2-5,11,14,20H,6-10H2,1H3. The first-order chi connectivity index (χ1) is 10.6. The maximum absolute atomic E-state index is 11.3. The number of aromatic nitrogens is 3. The minimum absolute atomic E-state index is 0.305. The molecular weight excluding hydrogens is 300 g/mol. The van der Waals surface area contributed by atoms with E-state index in [1.165, 1.54) is 17.5 Å². The third-order valence-electron chi connectivity index (χ3n) is 3.85. The molecule has 0 bridgehead atoms. The number of benzene rings is 1. The Kier molecular flexibility index (Phi) is 4.66. The molecule has 0 amide bonds. The summed E-state index contributed by atoms with van der Waals surface area (Å²) in [6.07, 6.45) is 3.56. The third kappa shape index (κ3) is 3.60. The molecule has 7 heteroatoms. The SMILES string of the molecule is CS(=O)c1ncn(CC(O)CN2CCc3ccccc3C2)n1. The summed E-state index contributed by atoms with van der Waals surface area (Å²) in [5, 5.41) is 14.7. The molecule has 1 aliphatic heterocycles. The molecule has 0 fully saturated rings. The van der Waals surface area contributed by atoms with Crippen molar-refractivity contribution in [2.75, 3.05) is 19.3 Å². The van der Waals surface area contributed by atoms with Crippen molar-refractivity contribution in [1.29, 1.82) is 0 Å². The molecule has 2 aromatic rings. The van der Waals surface area contributed by atoms with Gasteiger partial charge in [-0.1, -0.05) is 24.3 Å². The van der Waals surface area contributed by atoms with Crippen molar-refractivity contribution in [3.63, 3.8) is 0 Å². The average molecular weight is 320 g/mol. The molecule has 2 atom stereocenters. The fraction of sp³-hybridized carbons (Fsp3) is 0.467. The summed E-state index contributed by atoms with van der Waals surface area (Å²) >= 11 is 0. The maximum atomic E-state index is 11.3. The molecule has 1 aliphatic rings. The summed E-state index contributed by atoms with van der Waals surface area (Å²) in [7, 11) is -1.19. The van der Waals surface area contributed by atoms with Crippen molar-refractivity contribution in [2.45, 2.75) is 30.8 Å². The predicted molar refractivity (Wildman–Crippen MR) is 83.8 cm³/mol. The van der Waals surface area contributed by atoms with E-state index in [1.807, 2.05) is 0 Å². The van der Waals surface area contributed by atoms with Gasteiger partial charge in [0.15, 0.2) is 0 Å². The highest BCUT2D eigenvalue weighted by atomic mass is 32.2. The number of hydrogen-bond donors (Lipinski definition) is 1. The molecule has 0 saturated heterocycles. The number of rotatable bonds is 5. The Hall–Kier alpha value is -1.57. The highest BCUT2D eigenvalue weighted by molar-refractivity contribution is 7.84. The summed E-state index contributed by atoms with van der Waals surface area (Å²) in [6, 6.07) is 8.45. The van der Waals surface area contributed by atoms with E-state index in [-0.39, 0.29) is 0 Å². The minimum Gasteiger partial charge on any atom is -0.390 e. The molecule has 1 aromatic carbocycles. The molecule has 6 nitrogen and oxygen atoms in total. The van der Waals surface area contributed by atoms with E-state index >= 15 is 0 Å². The number of β-amino-alcohol motifs (C(OH)–C–C–N with tert-alkyl or cyclic N) is 1. The van der Waals surface area contributed by atoms with Gasteiger partial charge in [0, 0.05) is 25.9 Å². The lowest BCUT2D eigenvalue weighted by Crippen LogP contribution is -2.38. The van der Waals surface area contributed by atoms with E-state index in [2.05, 4.69) is 39.2 Å². The first-order valence-corrected chi connectivity index (χ1v) is 8.87. The molecule has 1 aromatic heterocycles. The van der Waals surface area contributed by atoms with E-state index in [0.717, 1.165) is 19.5 Å². The Morgan fingerprint density at radius 1 is 1.32 bits per heavy atom. The van der Waals surface area contributed by atoms with E-state index in [9.17, 15) is 9.32 Å². The zero-order valence-corrected chi connectivity index (χ0v) is 13.4. The molecule has 1 N–H and O–H groups in total. The largest absolute Gasteiger partial charge is 0.390 e. The van der Waals surface area contributed by atoms with Crippen LogP contribution in [0.25, 0.3) is 0 Å². The van der Waals surface area contributed by atoms with E-state index < -0.39 is 16.9 Å². The topological polar surface area (TPSA) is 71.2 Å². The lowest BCUT2D eigenvalue weighted by molar-refractivity contribution is 0.0885. The van der Waals surface area contributed by atoms with Gasteiger partial charge in [0.05, 0.1) is 23.4 Å². The molecule has 0 radical (unpaired) electrons. The molecule has 2 unspecified atom stereocenters.